The minimum Gasteiger partial charge on any atom is -0.487 e. The van der Waals surface area contributed by atoms with Crippen molar-refractivity contribution < 1.29 is 9.13 Å². The molecule has 0 radical (unpaired) electrons. The van der Waals surface area contributed by atoms with Gasteiger partial charge in [0.2, 0.25) is 0 Å². The minimum atomic E-state index is -0.326. The molecule has 0 N–H and O–H groups in total. The van der Waals surface area contributed by atoms with Crippen LogP contribution in [0.15, 0.2) is 30.3 Å². The maximum atomic E-state index is 13.0. The molecule has 0 bridgehead atoms. The standard InChI is InChI=1S/C12H10ClFN2O/c1-8-2-3-9(14)6-11(8)17-7-10-4-5-12(13)16-15-10/h2-6H,7H2,1H3. The first-order valence-corrected chi connectivity index (χ1v) is 5.40. The van der Waals surface area contributed by atoms with E-state index < -0.39 is 0 Å². The van der Waals surface area contributed by atoms with Crippen molar-refractivity contribution in [2.45, 2.75) is 13.5 Å². The van der Waals surface area contributed by atoms with E-state index in [9.17, 15) is 4.39 Å². The van der Waals surface area contributed by atoms with Crippen molar-refractivity contribution in [3.63, 3.8) is 0 Å². The topological polar surface area (TPSA) is 35.0 Å². The average Bonchev–Trinajstić information content (AvgIpc) is 2.32. The second kappa shape index (κ2) is 5.10. The van der Waals surface area contributed by atoms with Gasteiger partial charge < -0.3 is 4.74 Å². The maximum Gasteiger partial charge on any atom is 0.151 e. The molecule has 0 fully saturated rings. The molecule has 0 aliphatic rings. The molecule has 2 aromatic rings. The van der Waals surface area contributed by atoms with Crippen molar-refractivity contribution in [3.8, 4) is 5.75 Å². The van der Waals surface area contributed by atoms with E-state index >= 15 is 0 Å². The number of benzene rings is 1. The molecule has 3 nitrogen and oxygen atoms in total. The third-order valence-corrected chi connectivity index (χ3v) is 2.41. The average molecular weight is 253 g/mol. The molecule has 88 valence electrons. The summed E-state index contributed by atoms with van der Waals surface area (Å²) in [6, 6.07) is 7.75. The van der Waals surface area contributed by atoms with Crippen molar-refractivity contribution >= 4 is 11.6 Å². The third-order valence-electron chi connectivity index (χ3n) is 2.21. The molecule has 0 spiro atoms. The van der Waals surface area contributed by atoms with Crippen LogP contribution in [0.3, 0.4) is 0 Å². The highest BCUT2D eigenvalue weighted by Gasteiger charge is 2.03. The Morgan fingerprint density at radius 3 is 2.76 bits per heavy atom. The van der Waals surface area contributed by atoms with Crippen molar-refractivity contribution in [2.75, 3.05) is 0 Å². The van der Waals surface area contributed by atoms with E-state index in [0.717, 1.165) is 5.56 Å². The summed E-state index contributed by atoms with van der Waals surface area (Å²) in [6.07, 6.45) is 0. The van der Waals surface area contributed by atoms with Crippen LogP contribution in [0.5, 0.6) is 5.75 Å². The van der Waals surface area contributed by atoms with Crippen LogP contribution in [0.4, 0.5) is 4.39 Å². The first kappa shape index (κ1) is 11.8. The molecule has 1 aromatic heterocycles. The Bertz CT molecular complexity index is 516. The van der Waals surface area contributed by atoms with E-state index in [2.05, 4.69) is 10.2 Å². The van der Waals surface area contributed by atoms with Gasteiger partial charge in [-0.15, -0.1) is 5.10 Å². The zero-order chi connectivity index (χ0) is 12.3. The third kappa shape index (κ3) is 3.14. The molecule has 5 heteroatoms. The van der Waals surface area contributed by atoms with E-state index in [4.69, 9.17) is 16.3 Å². The summed E-state index contributed by atoms with van der Waals surface area (Å²) in [6.45, 7) is 2.08. The Balaban J connectivity index is 2.07. The Kier molecular flexibility index (Phi) is 3.54. The van der Waals surface area contributed by atoms with E-state index in [1.54, 1.807) is 18.2 Å². The van der Waals surface area contributed by atoms with Gasteiger partial charge >= 0.3 is 0 Å². The summed E-state index contributed by atoms with van der Waals surface area (Å²) in [7, 11) is 0. The molecule has 0 amide bonds. The number of rotatable bonds is 3. The zero-order valence-electron chi connectivity index (χ0n) is 9.15. The van der Waals surface area contributed by atoms with E-state index in [0.29, 0.717) is 16.6 Å². The molecule has 1 aromatic carbocycles. The highest BCUT2D eigenvalue weighted by Crippen LogP contribution is 2.19. The van der Waals surface area contributed by atoms with Gasteiger partial charge in [-0.1, -0.05) is 17.7 Å². The highest BCUT2D eigenvalue weighted by atomic mass is 35.5. The van der Waals surface area contributed by atoms with Crippen LogP contribution in [-0.2, 0) is 6.61 Å². The number of nitrogens with zero attached hydrogens (tertiary/aromatic N) is 2. The largest absolute Gasteiger partial charge is 0.487 e. The molecule has 0 atom stereocenters. The summed E-state index contributed by atoms with van der Waals surface area (Å²) >= 11 is 5.61. The summed E-state index contributed by atoms with van der Waals surface area (Å²) in [5.74, 6) is 0.176. The van der Waals surface area contributed by atoms with Gasteiger partial charge in [0, 0.05) is 6.07 Å². The number of hydrogen-bond acceptors (Lipinski definition) is 3. The molecule has 0 saturated carbocycles. The Hall–Kier alpha value is -1.68. The van der Waals surface area contributed by atoms with Crippen LogP contribution in [0.2, 0.25) is 5.15 Å². The Morgan fingerprint density at radius 1 is 1.24 bits per heavy atom. The lowest BCUT2D eigenvalue weighted by molar-refractivity contribution is 0.296. The van der Waals surface area contributed by atoms with Gasteiger partial charge in [-0.25, -0.2) is 4.39 Å². The predicted octanol–water partition coefficient (Wildman–Crippen LogP) is 3.16. The molecule has 0 saturated heterocycles. The normalized spacial score (nSPS) is 10.3. The SMILES string of the molecule is Cc1ccc(F)cc1OCc1ccc(Cl)nn1. The lowest BCUT2D eigenvalue weighted by atomic mass is 10.2. The van der Waals surface area contributed by atoms with Gasteiger partial charge in [0.25, 0.3) is 0 Å². The Labute approximate surface area is 103 Å². The molecule has 17 heavy (non-hydrogen) atoms. The summed E-state index contributed by atoms with van der Waals surface area (Å²) < 4.78 is 18.5. The second-order valence-corrected chi connectivity index (χ2v) is 3.93. The smallest absolute Gasteiger partial charge is 0.151 e. The number of ether oxygens (including phenoxy) is 1. The van der Waals surface area contributed by atoms with Gasteiger partial charge in [-0.3, -0.25) is 0 Å². The molecule has 0 unspecified atom stereocenters. The maximum absolute atomic E-state index is 13.0. The second-order valence-electron chi connectivity index (χ2n) is 3.55. The highest BCUT2D eigenvalue weighted by molar-refractivity contribution is 6.29. The molecule has 0 aliphatic carbocycles. The predicted molar refractivity (Wildman–Crippen MR) is 62.5 cm³/mol. The van der Waals surface area contributed by atoms with Crippen LogP contribution in [0.25, 0.3) is 0 Å². The first-order valence-electron chi connectivity index (χ1n) is 5.02. The van der Waals surface area contributed by atoms with Crippen LogP contribution in [-0.4, -0.2) is 10.2 Å². The van der Waals surface area contributed by atoms with E-state index in [1.165, 1.54) is 12.1 Å². The fraction of sp³-hybridized carbons (Fsp3) is 0.167. The quantitative estimate of drug-likeness (QED) is 0.842. The van der Waals surface area contributed by atoms with Crippen LogP contribution in [0, 0.1) is 12.7 Å². The number of hydrogen-bond donors (Lipinski definition) is 0. The lowest BCUT2D eigenvalue weighted by Gasteiger charge is -2.08. The van der Waals surface area contributed by atoms with E-state index in [-0.39, 0.29) is 12.4 Å². The van der Waals surface area contributed by atoms with Crippen molar-refractivity contribution in [1.82, 2.24) is 10.2 Å². The van der Waals surface area contributed by atoms with Crippen molar-refractivity contribution in [1.29, 1.82) is 0 Å². The van der Waals surface area contributed by atoms with Crippen LogP contribution in [0.1, 0.15) is 11.3 Å². The molecular formula is C12H10ClFN2O. The summed E-state index contributed by atoms with van der Waals surface area (Å²) in [4.78, 5) is 0. The van der Waals surface area contributed by atoms with E-state index in [1.807, 2.05) is 6.92 Å². The monoisotopic (exact) mass is 252 g/mol. The lowest BCUT2D eigenvalue weighted by Crippen LogP contribution is -2.00. The Morgan fingerprint density at radius 2 is 2.06 bits per heavy atom. The van der Waals surface area contributed by atoms with Gasteiger partial charge in [-0.05, 0) is 30.7 Å². The van der Waals surface area contributed by atoms with Gasteiger partial charge in [0.15, 0.2) is 5.15 Å². The summed E-state index contributed by atoms with van der Waals surface area (Å²) in [5, 5.41) is 7.87. The van der Waals surface area contributed by atoms with Crippen molar-refractivity contribution in [2.24, 2.45) is 0 Å². The number of halogens is 2. The van der Waals surface area contributed by atoms with Crippen molar-refractivity contribution in [3.05, 3.63) is 52.6 Å². The summed E-state index contributed by atoms with van der Waals surface area (Å²) in [5.41, 5.74) is 1.51. The van der Waals surface area contributed by atoms with Gasteiger partial charge in [0.05, 0.1) is 0 Å². The molecule has 2 rings (SSSR count). The fourth-order valence-electron chi connectivity index (χ4n) is 1.30. The number of aryl methyl sites for hydroxylation is 1. The number of aromatic nitrogens is 2. The first-order chi connectivity index (χ1) is 8.15. The fourth-order valence-corrected chi connectivity index (χ4v) is 1.40. The van der Waals surface area contributed by atoms with Gasteiger partial charge in [-0.2, -0.15) is 5.10 Å². The van der Waals surface area contributed by atoms with Gasteiger partial charge in [0.1, 0.15) is 23.9 Å². The molecule has 0 aliphatic heterocycles. The zero-order valence-corrected chi connectivity index (χ0v) is 9.91. The van der Waals surface area contributed by atoms with Crippen LogP contribution < -0.4 is 4.74 Å². The molecule has 1 heterocycles. The minimum absolute atomic E-state index is 0.231. The molecular weight excluding hydrogens is 243 g/mol. The van der Waals surface area contributed by atoms with Crippen LogP contribution >= 0.6 is 11.6 Å².